The third-order valence-electron chi connectivity index (χ3n) is 3.62. The molecule has 3 rings (SSSR count). The highest BCUT2D eigenvalue weighted by atomic mass is 35.5. The predicted molar refractivity (Wildman–Crippen MR) is 66.6 cm³/mol. The van der Waals surface area contributed by atoms with Gasteiger partial charge in [-0.2, -0.15) is 0 Å². The van der Waals surface area contributed by atoms with Crippen LogP contribution in [0, 0.1) is 5.82 Å². The van der Waals surface area contributed by atoms with Crippen molar-refractivity contribution in [3.8, 4) is 0 Å². The largest absolute Gasteiger partial charge is 0.331 e. The Morgan fingerprint density at radius 1 is 1.39 bits per heavy atom. The van der Waals surface area contributed by atoms with Crippen LogP contribution in [0.3, 0.4) is 0 Å². The third-order valence-corrected chi connectivity index (χ3v) is 3.86. The number of carbonyl (C=O) groups is 1. The summed E-state index contributed by atoms with van der Waals surface area (Å²) in [5, 5.41) is 0.466. The summed E-state index contributed by atoms with van der Waals surface area (Å²) in [4.78, 5) is 13.7. The van der Waals surface area contributed by atoms with Crippen LogP contribution in [0.15, 0.2) is 18.2 Å². The van der Waals surface area contributed by atoms with Gasteiger partial charge in [0.1, 0.15) is 5.82 Å². The number of rotatable bonds is 2. The highest BCUT2D eigenvalue weighted by Gasteiger charge is 2.46. The van der Waals surface area contributed by atoms with E-state index in [0.717, 1.165) is 12.8 Å². The minimum Gasteiger partial charge on any atom is -0.331 e. The Hall–Kier alpha value is -1.13. The lowest BCUT2D eigenvalue weighted by atomic mass is 10.00. The van der Waals surface area contributed by atoms with Crippen molar-refractivity contribution in [2.75, 3.05) is 0 Å². The number of nitrogens with zero attached hydrogens (tertiary/aromatic N) is 1. The summed E-state index contributed by atoms with van der Waals surface area (Å²) in [6.45, 7) is 0. The van der Waals surface area contributed by atoms with Crippen LogP contribution in [0.25, 0.3) is 0 Å². The molecule has 0 radical (unpaired) electrons. The summed E-state index contributed by atoms with van der Waals surface area (Å²) in [5.41, 5.74) is 6.44. The topological polar surface area (TPSA) is 46.3 Å². The van der Waals surface area contributed by atoms with Gasteiger partial charge in [0.15, 0.2) is 0 Å². The van der Waals surface area contributed by atoms with Crippen LogP contribution in [0.2, 0.25) is 5.02 Å². The number of likely N-dealkylation sites (tertiary alicyclic amines) is 1. The summed E-state index contributed by atoms with van der Waals surface area (Å²) in [6, 6.07) is 3.92. The minimum atomic E-state index is -0.372. The van der Waals surface area contributed by atoms with Crippen molar-refractivity contribution in [2.24, 2.45) is 5.73 Å². The molecule has 1 aromatic rings. The summed E-state index contributed by atoms with van der Waals surface area (Å²) >= 11 is 5.91. The molecular formula is C13H14ClFN2O. The highest BCUT2D eigenvalue weighted by Crippen LogP contribution is 2.42. The zero-order valence-electron chi connectivity index (χ0n) is 9.77. The van der Waals surface area contributed by atoms with Gasteiger partial charge in [0.05, 0.1) is 6.04 Å². The Morgan fingerprint density at radius 2 is 2.11 bits per heavy atom. The van der Waals surface area contributed by atoms with Crippen molar-refractivity contribution in [3.63, 3.8) is 0 Å². The van der Waals surface area contributed by atoms with Crippen LogP contribution in [0.1, 0.15) is 30.9 Å². The average molecular weight is 269 g/mol. The van der Waals surface area contributed by atoms with E-state index in [2.05, 4.69) is 0 Å². The SMILES string of the molecule is NC1CC(=O)N(C2CC2)C1c1cc(Cl)ccc1F. The smallest absolute Gasteiger partial charge is 0.225 e. The van der Waals surface area contributed by atoms with E-state index >= 15 is 0 Å². The normalized spacial score (nSPS) is 27.9. The molecular weight excluding hydrogens is 255 g/mol. The van der Waals surface area contributed by atoms with Crippen LogP contribution in [0.5, 0.6) is 0 Å². The van der Waals surface area contributed by atoms with Crippen LogP contribution >= 0.6 is 11.6 Å². The average Bonchev–Trinajstić information content (AvgIpc) is 3.09. The number of hydrogen-bond donors (Lipinski definition) is 1. The van der Waals surface area contributed by atoms with E-state index in [1.54, 1.807) is 11.0 Å². The second kappa shape index (κ2) is 4.21. The Labute approximate surface area is 110 Å². The molecule has 1 saturated heterocycles. The molecule has 1 saturated carbocycles. The van der Waals surface area contributed by atoms with Gasteiger partial charge in [-0.15, -0.1) is 0 Å². The van der Waals surface area contributed by atoms with Gasteiger partial charge < -0.3 is 10.6 Å². The molecule has 2 unspecified atom stereocenters. The molecule has 2 N–H and O–H groups in total. The van der Waals surface area contributed by atoms with E-state index in [1.165, 1.54) is 12.1 Å². The lowest BCUT2D eigenvalue weighted by molar-refractivity contribution is -0.129. The number of benzene rings is 1. The molecule has 5 heteroatoms. The molecule has 1 heterocycles. The van der Waals surface area contributed by atoms with Gasteiger partial charge in [0.2, 0.25) is 5.91 Å². The second-order valence-corrected chi connectivity index (χ2v) is 5.45. The lowest BCUT2D eigenvalue weighted by Gasteiger charge is -2.27. The molecule has 1 aliphatic carbocycles. The second-order valence-electron chi connectivity index (χ2n) is 5.01. The molecule has 2 fully saturated rings. The maximum Gasteiger partial charge on any atom is 0.225 e. The number of carbonyl (C=O) groups excluding carboxylic acids is 1. The van der Waals surface area contributed by atoms with E-state index in [0.29, 0.717) is 10.6 Å². The first kappa shape index (κ1) is 11.9. The molecule has 0 bridgehead atoms. The lowest BCUT2D eigenvalue weighted by Crippen LogP contribution is -2.35. The standard InChI is InChI=1S/C13H14ClFN2O/c14-7-1-4-10(15)9(5-7)13-11(16)6-12(18)17(13)8-2-3-8/h1,4-5,8,11,13H,2-3,6,16H2. The van der Waals surface area contributed by atoms with Gasteiger partial charge in [-0.05, 0) is 31.0 Å². The molecule has 18 heavy (non-hydrogen) atoms. The highest BCUT2D eigenvalue weighted by molar-refractivity contribution is 6.30. The van der Waals surface area contributed by atoms with Gasteiger partial charge in [-0.25, -0.2) is 4.39 Å². The van der Waals surface area contributed by atoms with E-state index in [9.17, 15) is 9.18 Å². The molecule has 3 nitrogen and oxygen atoms in total. The van der Waals surface area contributed by atoms with Crippen LogP contribution in [0.4, 0.5) is 4.39 Å². The molecule has 0 spiro atoms. The Balaban J connectivity index is 2.02. The fraction of sp³-hybridized carbons (Fsp3) is 0.462. The summed E-state index contributed by atoms with van der Waals surface area (Å²) < 4.78 is 13.9. The molecule has 2 aliphatic rings. The molecule has 1 aromatic carbocycles. The van der Waals surface area contributed by atoms with Crippen LogP contribution in [-0.4, -0.2) is 22.9 Å². The minimum absolute atomic E-state index is 0.0226. The van der Waals surface area contributed by atoms with Crippen LogP contribution < -0.4 is 5.73 Å². The van der Waals surface area contributed by atoms with Crippen molar-refractivity contribution in [3.05, 3.63) is 34.6 Å². The number of halogens is 2. The zero-order valence-corrected chi connectivity index (χ0v) is 10.5. The van der Waals surface area contributed by atoms with Crippen molar-refractivity contribution < 1.29 is 9.18 Å². The van der Waals surface area contributed by atoms with Crippen molar-refractivity contribution in [2.45, 2.75) is 37.4 Å². The van der Waals surface area contributed by atoms with Gasteiger partial charge in [0.25, 0.3) is 0 Å². The van der Waals surface area contributed by atoms with Crippen molar-refractivity contribution >= 4 is 17.5 Å². The first-order valence-corrected chi connectivity index (χ1v) is 6.47. The number of hydrogen-bond acceptors (Lipinski definition) is 2. The Kier molecular flexibility index (Phi) is 2.79. The maximum atomic E-state index is 13.9. The van der Waals surface area contributed by atoms with Crippen molar-refractivity contribution in [1.82, 2.24) is 4.90 Å². The van der Waals surface area contributed by atoms with E-state index in [-0.39, 0.29) is 36.3 Å². The quantitative estimate of drug-likeness (QED) is 0.894. The van der Waals surface area contributed by atoms with Crippen LogP contribution in [-0.2, 0) is 4.79 Å². The number of amides is 1. The molecule has 2 atom stereocenters. The zero-order chi connectivity index (χ0) is 12.9. The predicted octanol–water partition coefficient (Wildman–Crippen LogP) is 2.24. The first-order valence-electron chi connectivity index (χ1n) is 6.09. The first-order chi connectivity index (χ1) is 8.58. The molecule has 1 amide bonds. The molecule has 0 aromatic heterocycles. The Bertz CT molecular complexity index is 504. The summed E-state index contributed by atoms with van der Waals surface area (Å²) in [5.74, 6) is -0.324. The fourth-order valence-electron chi connectivity index (χ4n) is 2.69. The van der Waals surface area contributed by atoms with Gasteiger partial charge >= 0.3 is 0 Å². The molecule has 1 aliphatic heterocycles. The Morgan fingerprint density at radius 3 is 2.78 bits per heavy atom. The number of nitrogens with two attached hydrogens (primary N) is 1. The summed E-state index contributed by atoms with van der Waals surface area (Å²) in [6.07, 6.45) is 2.25. The monoisotopic (exact) mass is 268 g/mol. The van der Waals surface area contributed by atoms with Crippen molar-refractivity contribution in [1.29, 1.82) is 0 Å². The maximum absolute atomic E-state index is 13.9. The van der Waals surface area contributed by atoms with E-state index in [4.69, 9.17) is 17.3 Å². The summed E-state index contributed by atoms with van der Waals surface area (Å²) in [7, 11) is 0. The fourth-order valence-corrected chi connectivity index (χ4v) is 2.87. The molecule has 96 valence electrons. The third kappa shape index (κ3) is 1.89. The van der Waals surface area contributed by atoms with Gasteiger partial charge in [0, 0.05) is 29.1 Å². The van der Waals surface area contributed by atoms with Gasteiger partial charge in [-0.3, -0.25) is 4.79 Å². The van der Waals surface area contributed by atoms with Gasteiger partial charge in [-0.1, -0.05) is 11.6 Å². The van der Waals surface area contributed by atoms with E-state index < -0.39 is 0 Å². The van der Waals surface area contributed by atoms with E-state index in [1.807, 2.05) is 0 Å².